The minimum atomic E-state index is 0.331. The van der Waals surface area contributed by atoms with Gasteiger partial charge in [0, 0.05) is 13.1 Å². The first-order chi connectivity index (χ1) is 8.19. The van der Waals surface area contributed by atoms with Gasteiger partial charge in [0.05, 0.1) is 0 Å². The van der Waals surface area contributed by atoms with Crippen molar-refractivity contribution in [3.8, 4) is 11.8 Å². The number of ether oxygens (including phenoxy) is 1. The maximum absolute atomic E-state index is 5.50. The van der Waals surface area contributed by atoms with Gasteiger partial charge >= 0.3 is 6.01 Å². The van der Waals surface area contributed by atoms with Crippen LogP contribution in [0.1, 0.15) is 18.5 Å². The van der Waals surface area contributed by atoms with Gasteiger partial charge in [0.25, 0.3) is 0 Å². The molecule has 1 N–H and O–H groups in total. The van der Waals surface area contributed by atoms with E-state index in [4.69, 9.17) is 4.74 Å². The number of nitrogens with zero attached hydrogens (tertiary/aromatic N) is 3. The fourth-order valence-corrected chi connectivity index (χ4v) is 1.46. The van der Waals surface area contributed by atoms with Gasteiger partial charge in [-0.3, -0.25) is 4.68 Å². The molecule has 0 aliphatic rings. The zero-order valence-corrected chi connectivity index (χ0v) is 10.2. The van der Waals surface area contributed by atoms with Gasteiger partial charge in [-0.2, -0.15) is 4.98 Å². The van der Waals surface area contributed by atoms with E-state index in [0.29, 0.717) is 12.1 Å². The van der Waals surface area contributed by atoms with E-state index in [1.807, 2.05) is 31.3 Å². The highest BCUT2D eigenvalue weighted by atomic mass is 16.5. The number of hydrogen-bond donors (Lipinski definition) is 1. The molecule has 0 amide bonds. The first-order valence-electron chi connectivity index (χ1n) is 5.50. The molecule has 0 radical (unpaired) electrons. The van der Waals surface area contributed by atoms with Crippen LogP contribution < -0.4 is 10.1 Å². The molecule has 2 rings (SSSR count). The smallest absolute Gasteiger partial charge is 0.340 e. The molecule has 5 nitrogen and oxygen atoms in total. The van der Waals surface area contributed by atoms with Crippen LogP contribution in [0.15, 0.2) is 30.6 Å². The molecule has 0 saturated heterocycles. The van der Waals surface area contributed by atoms with Gasteiger partial charge in [-0.05, 0) is 31.7 Å². The number of rotatable bonds is 4. The van der Waals surface area contributed by atoms with Gasteiger partial charge in [0.1, 0.15) is 12.1 Å². The van der Waals surface area contributed by atoms with Gasteiger partial charge in [0.2, 0.25) is 0 Å². The van der Waals surface area contributed by atoms with Crippen LogP contribution in [0.5, 0.6) is 11.8 Å². The van der Waals surface area contributed by atoms with Gasteiger partial charge in [-0.25, -0.2) is 0 Å². The van der Waals surface area contributed by atoms with E-state index in [0.717, 1.165) is 5.75 Å². The Kier molecular flexibility index (Phi) is 3.39. The lowest BCUT2D eigenvalue weighted by molar-refractivity contribution is 0.438. The predicted molar refractivity (Wildman–Crippen MR) is 65.0 cm³/mol. The molecule has 0 aliphatic heterocycles. The fourth-order valence-electron chi connectivity index (χ4n) is 1.46. The Labute approximate surface area is 100 Å². The highest BCUT2D eigenvalue weighted by molar-refractivity contribution is 5.30. The molecule has 17 heavy (non-hydrogen) atoms. The second kappa shape index (κ2) is 4.97. The van der Waals surface area contributed by atoms with Gasteiger partial charge in [-0.15, -0.1) is 5.10 Å². The summed E-state index contributed by atoms with van der Waals surface area (Å²) in [6, 6.07) is 8.58. The van der Waals surface area contributed by atoms with Crippen LogP contribution in [0.25, 0.3) is 0 Å². The Morgan fingerprint density at radius 2 is 2.00 bits per heavy atom. The van der Waals surface area contributed by atoms with E-state index in [2.05, 4.69) is 22.3 Å². The molecule has 0 spiro atoms. The summed E-state index contributed by atoms with van der Waals surface area (Å²) >= 11 is 0. The number of nitrogens with one attached hydrogen (secondary N) is 1. The lowest BCUT2D eigenvalue weighted by Gasteiger charge is -2.10. The fraction of sp³-hybridized carbons (Fsp3) is 0.333. The maximum atomic E-state index is 5.50. The van der Waals surface area contributed by atoms with Crippen LogP contribution >= 0.6 is 0 Å². The van der Waals surface area contributed by atoms with Crippen molar-refractivity contribution in [1.29, 1.82) is 0 Å². The van der Waals surface area contributed by atoms with E-state index in [1.54, 1.807) is 18.1 Å². The maximum Gasteiger partial charge on any atom is 0.340 e. The first-order valence-corrected chi connectivity index (χ1v) is 5.50. The van der Waals surface area contributed by atoms with Crippen LogP contribution in [0.4, 0.5) is 0 Å². The Morgan fingerprint density at radius 1 is 1.29 bits per heavy atom. The zero-order valence-electron chi connectivity index (χ0n) is 10.2. The highest BCUT2D eigenvalue weighted by Crippen LogP contribution is 2.20. The van der Waals surface area contributed by atoms with E-state index >= 15 is 0 Å². The van der Waals surface area contributed by atoms with E-state index in [1.165, 1.54) is 5.56 Å². The molecular weight excluding hydrogens is 216 g/mol. The van der Waals surface area contributed by atoms with Crippen LogP contribution in [0, 0.1) is 0 Å². The quantitative estimate of drug-likeness (QED) is 0.874. The Morgan fingerprint density at radius 3 is 2.53 bits per heavy atom. The SMILES string of the molecule is CNC(C)c1ccc(Oc2ncn(C)n2)cc1. The van der Waals surface area contributed by atoms with Gasteiger partial charge < -0.3 is 10.1 Å². The molecule has 0 aliphatic carbocycles. The van der Waals surface area contributed by atoms with Crippen molar-refractivity contribution in [2.75, 3.05) is 7.05 Å². The largest absolute Gasteiger partial charge is 0.423 e. The molecule has 1 atom stereocenters. The Hall–Kier alpha value is -1.88. The van der Waals surface area contributed by atoms with Crippen LogP contribution in [-0.4, -0.2) is 21.8 Å². The average molecular weight is 232 g/mol. The van der Waals surface area contributed by atoms with Crippen molar-refractivity contribution < 1.29 is 4.74 Å². The summed E-state index contributed by atoms with van der Waals surface area (Å²) in [6.45, 7) is 2.11. The second-order valence-corrected chi connectivity index (χ2v) is 3.88. The normalized spacial score (nSPS) is 12.4. The minimum absolute atomic E-state index is 0.331. The van der Waals surface area contributed by atoms with E-state index in [-0.39, 0.29) is 0 Å². The molecule has 5 heteroatoms. The third kappa shape index (κ3) is 2.82. The number of aryl methyl sites for hydroxylation is 1. The van der Waals surface area contributed by atoms with Crippen molar-refractivity contribution in [2.24, 2.45) is 7.05 Å². The van der Waals surface area contributed by atoms with E-state index < -0.39 is 0 Å². The topological polar surface area (TPSA) is 52.0 Å². The zero-order chi connectivity index (χ0) is 12.3. The van der Waals surface area contributed by atoms with Crippen molar-refractivity contribution in [1.82, 2.24) is 20.1 Å². The summed E-state index contributed by atoms with van der Waals surface area (Å²) in [6.07, 6.45) is 1.60. The number of hydrogen-bond acceptors (Lipinski definition) is 4. The molecule has 2 aromatic rings. The third-order valence-corrected chi connectivity index (χ3v) is 2.60. The molecule has 0 bridgehead atoms. The van der Waals surface area contributed by atoms with Crippen molar-refractivity contribution in [3.63, 3.8) is 0 Å². The number of benzene rings is 1. The molecule has 90 valence electrons. The second-order valence-electron chi connectivity index (χ2n) is 3.88. The molecule has 1 unspecified atom stereocenters. The van der Waals surface area contributed by atoms with Gasteiger partial charge in [0.15, 0.2) is 0 Å². The number of aromatic nitrogens is 3. The Balaban J connectivity index is 2.08. The summed E-state index contributed by atoms with van der Waals surface area (Å²) in [4.78, 5) is 4.00. The minimum Gasteiger partial charge on any atom is -0.423 e. The summed E-state index contributed by atoms with van der Waals surface area (Å²) < 4.78 is 7.11. The van der Waals surface area contributed by atoms with Crippen molar-refractivity contribution in [2.45, 2.75) is 13.0 Å². The lowest BCUT2D eigenvalue weighted by Crippen LogP contribution is -2.11. The predicted octanol–water partition coefficient (Wildman–Crippen LogP) is 1.89. The lowest BCUT2D eigenvalue weighted by atomic mass is 10.1. The summed E-state index contributed by atoms with van der Waals surface area (Å²) in [5, 5.41) is 7.24. The standard InChI is InChI=1S/C12H16N4O/c1-9(13-2)10-4-6-11(7-5-10)17-12-14-8-16(3)15-12/h4-9,13H,1-3H3. The van der Waals surface area contributed by atoms with Crippen molar-refractivity contribution in [3.05, 3.63) is 36.2 Å². The van der Waals surface area contributed by atoms with Crippen LogP contribution in [-0.2, 0) is 7.05 Å². The summed E-state index contributed by atoms with van der Waals surface area (Å²) in [5.74, 6) is 0.739. The summed E-state index contributed by atoms with van der Waals surface area (Å²) in [7, 11) is 3.74. The van der Waals surface area contributed by atoms with E-state index in [9.17, 15) is 0 Å². The summed E-state index contributed by atoms with van der Waals surface area (Å²) in [5.41, 5.74) is 1.22. The molecule has 0 saturated carbocycles. The Bertz CT molecular complexity index is 478. The first kappa shape index (κ1) is 11.6. The molecular formula is C12H16N4O. The highest BCUT2D eigenvalue weighted by Gasteiger charge is 2.04. The van der Waals surface area contributed by atoms with Crippen LogP contribution in [0.2, 0.25) is 0 Å². The molecule has 1 heterocycles. The third-order valence-electron chi connectivity index (χ3n) is 2.60. The molecule has 1 aromatic heterocycles. The van der Waals surface area contributed by atoms with Crippen LogP contribution in [0.3, 0.4) is 0 Å². The van der Waals surface area contributed by atoms with Crippen molar-refractivity contribution >= 4 is 0 Å². The molecule has 0 fully saturated rings. The average Bonchev–Trinajstić information content (AvgIpc) is 2.75. The molecule has 1 aromatic carbocycles. The van der Waals surface area contributed by atoms with Gasteiger partial charge in [-0.1, -0.05) is 12.1 Å². The monoisotopic (exact) mass is 232 g/mol.